The van der Waals surface area contributed by atoms with Crippen molar-refractivity contribution < 1.29 is 9.72 Å². The van der Waals surface area contributed by atoms with Gasteiger partial charge in [-0.3, -0.25) is 14.9 Å². The lowest BCUT2D eigenvalue weighted by Crippen LogP contribution is -2.37. The molecule has 0 saturated carbocycles. The van der Waals surface area contributed by atoms with E-state index in [2.05, 4.69) is 5.32 Å². The molecule has 0 radical (unpaired) electrons. The molecule has 1 amide bonds. The fourth-order valence-electron chi connectivity index (χ4n) is 1.29. The van der Waals surface area contributed by atoms with Gasteiger partial charge < -0.3 is 11.1 Å². The number of non-ortho nitro benzene ring substituents is 1. The molecule has 0 spiro atoms. The first kappa shape index (κ1) is 14.1. The van der Waals surface area contributed by atoms with Gasteiger partial charge in [0, 0.05) is 24.4 Å². The van der Waals surface area contributed by atoms with E-state index in [1.165, 1.54) is 18.2 Å². The predicted octanol–water partition coefficient (Wildman–Crippen LogP) is 1.83. The summed E-state index contributed by atoms with van der Waals surface area (Å²) in [6, 6.07) is 4.31. The van der Waals surface area contributed by atoms with Gasteiger partial charge in [0.25, 0.3) is 5.69 Å². The zero-order chi connectivity index (χ0) is 13.9. The van der Waals surface area contributed by atoms with Crippen molar-refractivity contribution in [2.45, 2.75) is 20.8 Å². The number of benzene rings is 1. The summed E-state index contributed by atoms with van der Waals surface area (Å²) < 4.78 is 0. The van der Waals surface area contributed by atoms with Gasteiger partial charge >= 0.3 is 0 Å². The second kappa shape index (κ2) is 5.14. The molecule has 1 aromatic rings. The molecule has 0 aromatic heterocycles. The van der Waals surface area contributed by atoms with E-state index in [1.54, 1.807) is 20.8 Å². The van der Waals surface area contributed by atoms with Gasteiger partial charge in [0.15, 0.2) is 0 Å². The summed E-state index contributed by atoms with van der Waals surface area (Å²) >= 11 is 0. The van der Waals surface area contributed by atoms with Crippen LogP contribution in [-0.4, -0.2) is 17.4 Å². The van der Waals surface area contributed by atoms with Gasteiger partial charge in [0.2, 0.25) is 5.91 Å². The van der Waals surface area contributed by atoms with Crippen molar-refractivity contribution >= 4 is 17.3 Å². The van der Waals surface area contributed by atoms with E-state index in [4.69, 9.17) is 5.73 Å². The summed E-state index contributed by atoms with van der Waals surface area (Å²) in [5.41, 5.74) is 6.05. The molecule has 0 aliphatic carbocycles. The Morgan fingerprint density at radius 2 is 2.11 bits per heavy atom. The van der Waals surface area contributed by atoms with Crippen LogP contribution in [0, 0.1) is 22.5 Å². The maximum Gasteiger partial charge on any atom is 0.269 e. The summed E-state index contributed by atoms with van der Waals surface area (Å²) in [4.78, 5) is 22.0. The highest BCUT2D eigenvalue weighted by Crippen LogP contribution is 2.23. The lowest BCUT2D eigenvalue weighted by atomic mass is 9.92. The first-order valence-electron chi connectivity index (χ1n) is 5.54. The van der Waals surface area contributed by atoms with Crippen molar-refractivity contribution in [1.82, 2.24) is 0 Å². The number of nitrogens with zero attached hydrogens (tertiary/aromatic N) is 1. The molecular formula is C12H17N3O3. The number of nitrogens with one attached hydrogen (secondary N) is 1. The van der Waals surface area contributed by atoms with Crippen molar-refractivity contribution in [3.63, 3.8) is 0 Å². The summed E-state index contributed by atoms with van der Waals surface area (Å²) in [7, 11) is 0. The third-order valence-electron chi connectivity index (χ3n) is 2.79. The zero-order valence-electron chi connectivity index (χ0n) is 10.7. The van der Waals surface area contributed by atoms with Crippen LogP contribution in [0.25, 0.3) is 0 Å². The molecule has 18 heavy (non-hydrogen) atoms. The largest absolute Gasteiger partial charge is 0.329 e. The van der Waals surface area contributed by atoms with Crippen LogP contribution in [0.3, 0.4) is 0 Å². The van der Waals surface area contributed by atoms with Crippen LogP contribution in [0.2, 0.25) is 0 Å². The van der Waals surface area contributed by atoms with Crippen LogP contribution in [0.1, 0.15) is 19.4 Å². The molecule has 0 heterocycles. The monoisotopic (exact) mass is 251 g/mol. The molecule has 0 saturated heterocycles. The maximum atomic E-state index is 11.9. The summed E-state index contributed by atoms with van der Waals surface area (Å²) in [6.45, 7) is 5.41. The molecule has 1 rings (SSSR count). The highest BCUT2D eigenvalue weighted by atomic mass is 16.6. The van der Waals surface area contributed by atoms with Crippen molar-refractivity contribution in [3.8, 4) is 0 Å². The van der Waals surface area contributed by atoms with Crippen LogP contribution in [0.4, 0.5) is 11.4 Å². The van der Waals surface area contributed by atoms with Crippen molar-refractivity contribution in [2.24, 2.45) is 11.1 Å². The maximum absolute atomic E-state index is 11.9. The van der Waals surface area contributed by atoms with Crippen molar-refractivity contribution in [3.05, 3.63) is 33.9 Å². The number of carbonyl (C=O) groups excluding carboxylic acids is 1. The molecule has 98 valence electrons. The second-order valence-corrected chi connectivity index (χ2v) is 4.80. The van der Waals surface area contributed by atoms with E-state index in [-0.39, 0.29) is 18.1 Å². The van der Waals surface area contributed by atoms with Crippen molar-refractivity contribution in [1.29, 1.82) is 0 Å². The molecule has 0 fully saturated rings. The van der Waals surface area contributed by atoms with E-state index in [1.807, 2.05) is 0 Å². The molecule has 0 unspecified atom stereocenters. The SMILES string of the molecule is Cc1cc([N+](=O)[O-])ccc1NC(=O)C(C)(C)CN. The number of carbonyl (C=O) groups is 1. The normalized spacial score (nSPS) is 11.1. The Labute approximate surface area is 105 Å². The lowest BCUT2D eigenvalue weighted by molar-refractivity contribution is -0.384. The predicted molar refractivity (Wildman–Crippen MR) is 69.3 cm³/mol. The highest BCUT2D eigenvalue weighted by molar-refractivity contribution is 5.95. The zero-order valence-corrected chi connectivity index (χ0v) is 10.7. The Morgan fingerprint density at radius 3 is 2.56 bits per heavy atom. The number of hydrogen-bond donors (Lipinski definition) is 2. The molecule has 0 atom stereocenters. The van der Waals surface area contributed by atoms with E-state index >= 15 is 0 Å². The van der Waals surface area contributed by atoms with Crippen LogP contribution in [-0.2, 0) is 4.79 Å². The molecule has 3 N–H and O–H groups in total. The molecule has 0 aliphatic heterocycles. The second-order valence-electron chi connectivity index (χ2n) is 4.80. The molecular weight excluding hydrogens is 234 g/mol. The number of amides is 1. The molecule has 1 aromatic carbocycles. The van der Waals surface area contributed by atoms with Gasteiger partial charge in [-0.05, 0) is 32.4 Å². The number of anilines is 1. The first-order chi connectivity index (χ1) is 8.27. The molecule has 0 aliphatic rings. The van der Waals surface area contributed by atoms with Gasteiger partial charge in [-0.1, -0.05) is 0 Å². The standard InChI is InChI=1S/C12H17N3O3/c1-8-6-9(15(17)18)4-5-10(8)14-11(16)12(2,3)7-13/h4-6H,7,13H2,1-3H3,(H,14,16). The summed E-state index contributed by atoms with van der Waals surface area (Å²) in [5, 5.41) is 13.3. The number of nitro benzene ring substituents is 1. The van der Waals surface area contributed by atoms with Gasteiger partial charge in [-0.25, -0.2) is 0 Å². The smallest absolute Gasteiger partial charge is 0.269 e. The number of nitro groups is 1. The Balaban J connectivity index is 2.93. The lowest BCUT2D eigenvalue weighted by Gasteiger charge is -2.21. The van der Waals surface area contributed by atoms with Crippen LogP contribution < -0.4 is 11.1 Å². The molecule has 6 nitrogen and oxygen atoms in total. The van der Waals surface area contributed by atoms with E-state index in [9.17, 15) is 14.9 Å². The van der Waals surface area contributed by atoms with Crippen LogP contribution in [0.5, 0.6) is 0 Å². The topological polar surface area (TPSA) is 98.3 Å². The van der Waals surface area contributed by atoms with Gasteiger partial charge in [0.05, 0.1) is 10.3 Å². The van der Waals surface area contributed by atoms with E-state index in [0.717, 1.165) is 0 Å². The number of rotatable bonds is 4. The average molecular weight is 251 g/mol. The Bertz CT molecular complexity index is 483. The minimum Gasteiger partial charge on any atom is -0.329 e. The van der Waals surface area contributed by atoms with E-state index < -0.39 is 10.3 Å². The fourth-order valence-corrected chi connectivity index (χ4v) is 1.29. The quantitative estimate of drug-likeness (QED) is 0.630. The first-order valence-corrected chi connectivity index (χ1v) is 5.54. The minimum atomic E-state index is -0.672. The number of hydrogen-bond acceptors (Lipinski definition) is 4. The molecule has 6 heteroatoms. The van der Waals surface area contributed by atoms with Crippen LogP contribution >= 0.6 is 0 Å². The van der Waals surface area contributed by atoms with Gasteiger partial charge in [0.1, 0.15) is 0 Å². The number of nitrogens with two attached hydrogens (primary N) is 1. The summed E-state index contributed by atoms with van der Waals surface area (Å²) in [5.74, 6) is -0.207. The van der Waals surface area contributed by atoms with E-state index in [0.29, 0.717) is 11.3 Å². The van der Waals surface area contributed by atoms with Crippen molar-refractivity contribution in [2.75, 3.05) is 11.9 Å². The van der Waals surface area contributed by atoms with Gasteiger partial charge in [-0.15, -0.1) is 0 Å². The third-order valence-corrected chi connectivity index (χ3v) is 2.79. The third kappa shape index (κ3) is 3.04. The Hall–Kier alpha value is -1.95. The minimum absolute atomic E-state index is 0.00332. The fraction of sp³-hybridized carbons (Fsp3) is 0.417. The average Bonchev–Trinajstić information content (AvgIpc) is 2.31. The van der Waals surface area contributed by atoms with Crippen LogP contribution in [0.15, 0.2) is 18.2 Å². The Morgan fingerprint density at radius 1 is 1.50 bits per heavy atom. The van der Waals surface area contributed by atoms with Gasteiger partial charge in [-0.2, -0.15) is 0 Å². The number of aryl methyl sites for hydroxylation is 1. The highest BCUT2D eigenvalue weighted by Gasteiger charge is 2.26. The molecule has 0 bridgehead atoms. The summed E-state index contributed by atoms with van der Waals surface area (Å²) in [6.07, 6.45) is 0. The Kier molecular flexibility index (Phi) is 4.03.